The van der Waals surface area contributed by atoms with Gasteiger partial charge in [-0.2, -0.15) is 18.2 Å². The fourth-order valence-electron chi connectivity index (χ4n) is 3.29. The zero-order valence-corrected chi connectivity index (χ0v) is 17.8. The zero-order chi connectivity index (χ0) is 23.9. The third-order valence-electron chi connectivity index (χ3n) is 4.96. The van der Waals surface area contributed by atoms with Crippen LogP contribution in [0.5, 0.6) is 0 Å². The Hall–Kier alpha value is -4.06. The summed E-state index contributed by atoms with van der Waals surface area (Å²) in [6.07, 6.45) is -3.21. The van der Waals surface area contributed by atoms with Crippen molar-refractivity contribution in [3.8, 4) is 11.4 Å². The van der Waals surface area contributed by atoms with Crippen LogP contribution in [0.2, 0.25) is 5.02 Å². The molecular formula is C21H13ClF3N7O2. The van der Waals surface area contributed by atoms with Crippen molar-refractivity contribution in [1.29, 1.82) is 0 Å². The van der Waals surface area contributed by atoms with E-state index in [0.29, 0.717) is 17.2 Å². The first-order valence-electron chi connectivity index (χ1n) is 9.81. The number of fused-ring (bicyclic) bond motifs is 1. The Bertz CT molecular complexity index is 1540. The SMILES string of the molecule is O=c1c2nnn(Cc3ccc(Cl)cc3)c2ncn1Cc1nc(-c2cccc(C(F)(F)F)c2)no1. The summed E-state index contributed by atoms with van der Waals surface area (Å²) in [5.74, 6) is -0.0127. The first kappa shape index (κ1) is 21.8. The van der Waals surface area contributed by atoms with E-state index in [1.807, 2.05) is 12.1 Å². The minimum Gasteiger partial charge on any atom is -0.337 e. The minimum atomic E-state index is -4.50. The highest BCUT2D eigenvalue weighted by Crippen LogP contribution is 2.31. The monoisotopic (exact) mass is 487 g/mol. The van der Waals surface area contributed by atoms with Crippen molar-refractivity contribution in [3.05, 3.63) is 87.3 Å². The van der Waals surface area contributed by atoms with Gasteiger partial charge in [0.15, 0.2) is 11.2 Å². The summed E-state index contributed by atoms with van der Waals surface area (Å²) in [6.45, 7) is 0.200. The smallest absolute Gasteiger partial charge is 0.337 e. The number of halogens is 4. The average Bonchev–Trinajstić information content (AvgIpc) is 3.44. The second kappa shape index (κ2) is 8.37. The van der Waals surface area contributed by atoms with Crippen molar-refractivity contribution in [2.24, 2.45) is 0 Å². The summed E-state index contributed by atoms with van der Waals surface area (Å²) < 4.78 is 46.7. The molecule has 13 heteroatoms. The quantitative estimate of drug-likeness (QED) is 0.371. The highest BCUT2D eigenvalue weighted by molar-refractivity contribution is 6.30. The molecule has 0 aliphatic heterocycles. The van der Waals surface area contributed by atoms with E-state index in [0.717, 1.165) is 17.7 Å². The highest BCUT2D eigenvalue weighted by Gasteiger charge is 2.30. The van der Waals surface area contributed by atoms with E-state index < -0.39 is 17.3 Å². The van der Waals surface area contributed by atoms with Gasteiger partial charge in [0, 0.05) is 10.6 Å². The molecule has 0 atom stereocenters. The van der Waals surface area contributed by atoms with Crippen LogP contribution in [0, 0.1) is 0 Å². The van der Waals surface area contributed by atoms with Gasteiger partial charge in [-0.25, -0.2) is 9.67 Å². The standard InChI is InChI=1S/C21H13ClF3N7O2/c22-15-6-4-12(5-7-15)9-32-19-17(28-30-32)20(33)31(11-26-19)10-16-27-18(29-34-16)13-2-1-3-14(8-13)21(23,24)25/h1-8,11H,9-10H2. The molecule has 0 aliphatic carbocycles. The van der Waals surface area contributed by atoms with Crippen LogP contribution in [0.3, 0.4) is 0 Å². The second-order valence-electron chi connectivity index (χ2n) is 7.31. The number of nitrogens with zero attached hydrogens (tertiary/aromatic N) is 7. The summed E-state index contributed by atoms with van der Waals surface area (Å²) in [5, 5.41) is 12.3. The predicted molar refractivity (Wildman–Crippen MR) is 114 cm³/mol. The van der Waals surface area contributed by atoms with E-state index in [4.69, 9.17) is 16.1 Å². The first-order valence-corrected chi connectivity index (χ1v) is 10.2. The molecule has 0 N–H and O–H groups in total. The largest absolute Gasteiger partial charge is 0.416 e. The van der Waals surface area contributed by atoms with Crippen LogP contribution in [0.1, 0.15) is 17.0 Å². The molecule has 0 spiro atoms. The van der Waals surface area contributed by atoms with Gasteiger partial charge < -0.3 is 4.52 Å². The van der Waals surface area contributed by atoms with Crippen molar-refractivity contribution in [3.63, 3.8) is 0 Å². The molecule has 172 valence electrons. The lowest BCUT2D eigenvalue weighted by Gasteiger charge is -2.06. The van der Waals surface area contributed by atoms with E-state index in [2.05, 4.69) is 25.4 Å². The van der Waals surface area contributed by atoms with E-state index in [1.54, 1.807) is 12.1 Å². The number of hydrogen-bond donors (Lipinski definition) is 0. The molecule has 2 aromatic carbocycles. The zero-order valence-electron chi connectivity index (χ0n) is 17.1. The first-order chi connectivity index (χ1) is 16.3. The number of aromatic nitrogens is 7. The van der Waals surface area contributed by atoms with Crippen LogP contribution in [0.25, 0.3) is 22.6 Å². The Labute approximate surface area is 193 Å². The Morgan fingerprint density at radius 1 is 1.06 bits per heavy atom. The second-order valence-corrected chi connectivity index (χ2v) is 7.75. The minimum absolute atomic E-state index is 0.0178. The van der Waals surface area contributed by atoms with Crippen molar-refractivity contribution >= 4 is 22.8 Å². The van der Waals surface area contributed by atoms with E-state index >= 15 is 0 Å². The molecule has 5 aromatic rings. The lowest BCUT2D eigenvalue weighted by Crippen LogP contribution is -2.21. The molecule has 0 amide bonds. The van der Waals surface area contributed by atoms with Gasteiger partial charge >= 0.3 is 6.18 Å². The number of benzene rings is 2. The molecule has 3 heterocycles. The Morgan fingerprint density at radius 2 is 1.85 bits per heavy atom. The third-order valence-corrected chi connectivity index (χ3v) is 5.21. The van der Waals surface area contributed by atoms with Crippen LogP contribution in [-0.4, -0.2) is 34.7 Å². The molecule has 9 nitrogen and oxygen atoms in total. The van der Waals surface area contributed by atoms with Gasteiger partial charge in [-0.15, -0.1) is 5.10 Å². The molecule has 0 bridgehead atoms. The summed E-state index contributed by atoms with van der Waals surface area (Å²) in [4.78, 5) is 21.2. The van der Waals surface area contributed by atoms with Gasteiger partial charge in [0.25, 0.3) is 5.56 Å². The van der Waals surface area contributed by atoms with Crippen LogP contribution in [0.15, 0.2) is 64.2 Å². The third kappa shape index (κ3) is 4.27. The molecule has 34 heavy (non-hydrogen) atoms. The van der Waals surface area contributed by atoms with E-state index in [-0.39, 0.29) is 29.3 Å². The number of rotatable bonds is 5. The Kier molecular flexibility index (Phi) is 5.36. The lowest BCUT2D eigenvalue weighted by molar-refractivity contribution is -0.137. The van der Waals surface area contributed by atoms with Crippen LogP contribution in [-0.2, 0) is 19.3 Å². The van der Waals surface area contributed by atoms with E-state index in [9.17, 15) is 18.0 Å². The van der Waals surface area contributed by atoms with Crippen LogP contribution in [0.4, 0.5) is 13.2 Å². The summed E-state index contributed by atoms with van der Waals surface area (Å²) in [7, 11) is 0. The van der Waals surface area contributed by atoms with Crippen molar-refractivity contribution in [2.75, 3.05) is 0 Å². The maximum Gasteiger partial charge on any atom is 0.416 e. The summed E-state index contributed by atoms with van der Waals surface area (Å²) >= 11 is 5.90. The maximum absolute atomic E-state index is 13.0. The summed E-state index contributed by atoms with van der Waals surface area (Å²) in [6, 6.07) is 11.7. The molecule has 5 rings (SSSR count). The molecule has 0 saturated carbocycles. The van der Waals surface area contributed by atoms with Gasteiger partial charge in [-0.1, -0.05) is 46.2 Å². The van der Waals surface area contributed by atoms with Gasteiger partial charge in [-0.05, 0) is 29.8 Å². The van der Waals surface area contributed by atoms with Crippen molar-refractivity contribution in [1.82, 2.24) is 34.7 Å². The topological polar surface area (TPSA) is 105 Å². The Morgan fingerprint density at radius 3 is 2.62 bits per heavy atom. The van der Waals surface area contributed by atoms with Gasteiger partial charge in [0.2, 0.25) is 11.7 Å². The predicted octanol–water partition coefficient (Wildman–Crippen LogP) is 3.81. The highest BCUT2D eigenvalue weighted by atomic mass is 35.5. The Balaban J connectivity index is 1.39. The molecule has 0 fully saturated rings. The molecule has 0 saturated heterocycles. The molecule has 3 aromatic heterocycles. The molecule has 0 unspecified atom stereocenters. The normalized spacial score (nSPS) is 11.9. The molecular weight excluding hydrogens is 475 g/mol. The van der Waals surface area contributed by atoms with Crippen LogP contribution < -0.4 is 5.56 Å². The van der Waals surface area contributed by atoms with Gasteiger partial charge in [0.05, 0.1) is 12.1 Å². The van der Waals surface area contributed by atoms with Gasteiger partial charge in [-0.3, -0.25) is 9.36 Å². The molecule has 0 aliphatic rings. The fraction of sp³-hybridized carbons (Fsp3) is 0.143. The van der Waals surface area contributed by atoms with E-state index in [1.165, 1.54) is 27.7 Å². The van der Waals surface area contributed by atoms with Gasteiger partial charge in [0.1, 0.15) is 12.9 Å². The lowest BCUT2D eigenvalue weighted by atomic mass is 10.1. The fourth-order valence-corrected chi connectivity index (χ4v) is 3.41. The molecule has 0 radical (unpaired) electrons. The van der Waals surface area contributed by atoms with Crippen molar-refractivity contribution in [2.45, 2.75) is 19.3 Å². The van der Waals surface area contributed by atoms with Crippen LogP contribution >= 0.6 is 11.6 Å². The number of hydrogen-bond acceptors (Lipinski definition) is 7. The van der Waals surface area contributed by atoms with Crippen molar-refractivity contribution < 1.29 is 17.7 Å². The summed E-state index contributed by atoms with van der Waals surface area (Å²) in [5.41, 5.74) is 0.0709. The maximum atomic E-state index is 13.0. The number of alkyl halides is 3. The average molecular weight is 488 g/mol.